The van der Waals surface area contributed by atoms with E-state index in [2.05, 4.69) is 0 Å². The lowest BCUT2D eigenvalue weighted by Gasteiger charge is -2.14. The molecule has 0 spiro atoms. The quantitative estimate of drug-likeness (QED) is 0.773. The fourth-order valence-corrected chi connectivity index (χ4v) is 4.13. The summed E-state index contributed by atoms with van der Waals surface area (Å²) >= 11 is 0. The topological polar surface area (TPSA) is 51.2 Å². The van der Waals surface area contributed by atoms with Gasteiger partial charge in [0.1, 0.15) is 5.25 Å². The number of Topliss-reactive ketones (excluding diaryl/α,β-unsaturated/α-hetero) is 1. The maximum absolute atomic E-state index is 12.4. The van der Waals surface area contributed by atoms with Crippen molar-refractivity contribution >= 4 is 15.6 Å². The standard InChI is InChI=1S/C14H18O3S/c1-11-7-9-12(10-8-11)18(16,17)14-6-4-2-3-5-13(14)15/h7-10,14H,2-6H2,1H3. The van der Waals surface area contributed by atoms with E-state index in [4.69, 9.17) is 0 Å². The first-order chi connectivity index (χ1) is 8.51. The van der Waals surface area contributed by atoms with Crippen LogP contribution in [0.2, 0.25) is 0 Å². The lowest BCUT2D eigenvalue weighted by Crippen LogP contribution is -2.29. The molecular formula is C14H18O3S. The molecule has 1 aromatic carbocycles. The third-order valence-electron chi connectivity index (χ3n) is 3.47. The molecule has 0 aromatic heterocycles. The highest BCUT2D eigenvalue weighted by atomic mass is 32.2. The van der Waals surface area contributed by atoms with Crippen molar-refractivity contribution in [2.24, 2.45) is 0 Å². The minimum Gasteiger partial charge on any atom is -0.298 e. The van der Waals surface area contributed by atoms with E-state index >= 15 is 0 Å². The summed E-state index contributed by atoms with van der Waals surface area (Å²) in [7, 11) is -3.50. The summed E-state index contributed by atoms with van der Waals surface area (Å²) in [5, 5.41) is -0.831. The molecule has 1 fully saturated rings. The maximum Gasteiger partial charge on any atom is 0.188 e. The van der Waals surface area contributed by atoms with E-state index in [1.54, 1.807) is 24.3 Å². The average Bonchev–Trinajstić information content (AvgIpc) is 2.55. The van der Waals surface area contributed by atoms with Crippen LogP contribution < -0.4 is 0 Å². The summed E-state index contributed by atoms with van der Waals surface area (Å²) in [5.41, 5.74) is 1.01. The largest absolute Gasteiger partial charge is 0.298 e. The Morgan fingerprint density at radius 3 is 2.39 bits per heavy atom. The van der Waals surface area contributed by atoms with Crippen molar-refractivity contribution in [2.45, 2.75) is 49.2 Å². The number of hydrogen-bond donors (Lipinski definition) is 0. The number of aryl methyl sites for hydroxylation is 1. The Hall–Kier alpha value is -1.16. The molecule has 0 saturated heterocycles. The van der Waals surface area contributed by atoms with Gasteiger partial charge in [0, 0.05) is 6.42 Å². The van der Waals surface area contributed by atoms with Crippen LogP contribution in [-0.4, -0.2) is 19.5 Å². The molecule has 0 amide bonds. The molecule has 2 rings (SSSR count). The fourth-order valence-electron chi connectivity index (χ4n) is 2.35. The molecule has 1 aliphatic carbocycles. The molecule has 98 valence electrons. The molecular weight excluding hydrogens is 248 g/mol. The van der Waals surface area contributed by atoms with Crippen molar-refractivity contribution in [3.05, 3.63) is 29.8 Å². The minimum atomic E-state index is -3.50. The Morgan fingerprint density at radius 2 is 1.72 bits per heavy atom. The van der Waals surface area contributed by atoms with E-state index < -0.39 is 15.1 Å². The number of rotatable bonds is 2. The first-order valence-corrected chi connectivity index (χ1v) is 7.90. The Morgan fingerprint density at radius 1 is 1.06 bits per heavy atom. The molecule has 0 radical (unpaired) electrons. The van der Waals surface area contributed by atoms with E-state index in [-0.39, 0.29) is 10.7 Å². The van der Waals surface area contributed by atoms with Crippen molar-refractivity contribution in [2.75, 3.05) is 0 Å². The molecule has 1 unspecified atom stereocenters. The Kier molecular flexibility index (Phi) is 3.85. The van der Waals surface area contributed by atoms with E-state index in [1.165, 1.54) is 0 Å². The van der Waals surface area contributed by atoms with Crippen LogP contribution in [0.4, 0.5) is 0 Å². The van der Waals surface area contributed by atoms with Gasteiger partial charge in [-0.1, -0.05) is 30.5 Å². The Labute approximate surface area is 108 Å². The predicted octanol–water partition coefficient (Wildman–Crippen LogP) is 2.67. The van der Waals surface area contributed by atoms with Crippen LogP contribution in [0.1, 0.15) is 37.7 Å². The molecule has 0 aliphatic heterocycles. The van der Waals surface area contributed by atoms with E-state index in [1.807, 2.05) is 6.92 Å². The zero-order valence-electron chi connectivity index (χ0n) is 10.6. The van der Waals surface area contributed by atoms with Gasteiger partial charge in [0.05, 0.1) is 4.90 Å². The number of hydrogen-bond acceptors (Lipinski definition) is 3. The highest BCUT2D eigenvalue weighted by molar-refractivity contribution is 7.92. The van der Waals surface area contributed by atoms with Crippen LogP contribution in [0, 0.1) is 6.92 Å². The van der Waals surface area contributed by atoms with Crippen LogP contribution in [0.25, 0.3) is 0 Å². The summed E-state index contributed by atoms with van der Waals surface area (Å²) in [6.45, 7) is 1.91. The van der Waals surface area contributed by atoms with Crippen molar-refractivity contribution in [3.8, 4) is 0 Å². The number of sulfone groups is 1. The number of benzene rings is 1. The van der Waals surface area contributed by atoms with Gasteiger partial charge in [-0.3, -0.25) is 4.79 Å². The molecule has 1 atom stereocenters. The molecule has 0 bridgehead atoms. The normalized spacial score (nSPS) is 21.6. The average molecular weight is 266 g/mol. The second-order valence-corrected chi connectivity index (χ2v) is 7.04. The van der Waals surface area contributed by atoms with Gasteiger partial charge in [0.15, 0.2) is 15.6 Å². The van der Waals surface area contributed by atoms with Gasteiger partial charge in [-0.2, -0.15) is 0 Å². The van der Waals surface area contributed by atoms with Crippen LogP contribution in [-0.2, 0) is 14.6 Å². The lowest BCUT2D eigenvalue weighted by molar-refractivity contribution is -0.118. The van der Waals surface area contributed by atoms with Gasteiger partial charge < -0.3 is 0 Å². The number of ketones is 1. The Balaban J connectivity index is 2.34. The van der Waals surface area contributed by atoms with Gasteiger partial charge in [-0.25, -0.2) is 8.42 Å². The SMILES string of the molecule is Cc1ccc(S(=O)(=O)C2CCCCCC2=O)cc1. The summed E-state index contributed by atoms with van der Waals surface area (Å²) in [5.74, 6) is -0.118. The zero-order chi connectivity index (χ0) is 13.2. The molecule has 0 heterocycles. The summed E-state index contributed by atoms with van der Waals surface area (Å²) in [6.07, 6.45) is 3.46. The third kappa shape index (κ3) is 2.64. The molecule has 4 heteroatoms. The van der Waals surface area contributed by atoms with Crippen molar-refractivity contribution in [3.63, 3.8) is 0 Å². The molecule has 1 aliphatic rings. The van der Waals surface area contributed by atoms with Gasteiger partial charge in [0.25, 0.3) is 0 Å². The predicted molar refractivity (Wildman–Crippen MR) is 70.2 cm³/mol. The molecule has 3 nitrogen and oxygen atoms in total. The molecule has 1 aromatic rings. The second-order valence-electron chi connectivity index (χ2n) is 4.91. The zero-order valence-corrected chi connectivity index (χ0v) is 11.4. The first-order valence-electron chi connectivity index (χ1n) is 6.35. The van der Waals surface area contributed by atoms with E-state index in [9.17, 15) is 13.2 Å². The number of carbonyl (C=O) groups excluding carboxylic acids is 1. The first kappa shape index (κ1) is 13.3. The van der Waals surface area contributed by atoms with Gasteiger partial charge >= 0.3 is 0 Å². The van der Waals surface area contributed by atoms with Gasteiger partial charge in [-0.15, -0.1) is 0 Å². The Bertz CT molecular complexity index is 529. The molecule has 1 saturated carbocycles. The maximum atomic E-state index is 12.4. The lowest BCUT2D eigenvalue weighted by atomic mass is 10.2. The summed E-state index contributed by atoms with van der Waals surface area (Å²) in [4.78, 5) is 12.2. The fraction of sp³-hybridized carbons (Fsp3) is 0.500. The van der Waals surface area contributed by atoms with E-state index in [0.717, 1.165) is 24.8 Å². The van der Waals surface area contributed by atoms with Crippen molar-refractivity contribution in [1.82, 2.24) is 0 Å². The highest BCUT2D eigenvalue weighted by Gasteiger charge is 2.34. The molecule has 0 N–H and O–H groups in total. The van der Waals surface area contributed by atoms with Crippen molar-refractivity contribution in [1.29, 1.82) is 0 Å². The second kappa shape index (κ2) is 5.22. The van der Waals surface area contributed by atoms with E-state index in [0.29, 0.717) is 12.8 Å². The van der Waals surface area contributed by atoms with Gasteiger partial charge in [-0.05, 0) is 31.9 Å². The molecule has 18 heavy (non-hydrogen) atoms. The van der Waals surface area contributed by atoms with Crippen LogP contribution in [0.5, 0.6) is 0 Å². The van der Waals surface area contributed by atoms with Crippen molar-refractivity contribution < 1.29 is 13.2 Å². The summed E-state index contributed by atoms with van der Waals surface area (Å²) < 4.78 is 24.9. The van der Waals surface area contributed by atoms with Crippen LogP contribution in [0.15, 0.2) is 29.2 Å². The summed E-state index contributed by atoms with van der Waals surface area (Å²) in [6, 6.07) is 6.74. The van der Waals surface area contributed by atoms with Crippen LogP contribution >= 0.6 is 0 Å². The third-order valence-corrected chi connectivity index (χ3v) is 5.65. The number of carbonyl (C=O) groups is 1. The smallest absolute Gasteiger partial charge is 0.188 e. The minimum absolute atomic E-state index is 0.118. The van der Waals surface area contributed by atoms with Gasteiger partial charge in [0.2, 0.25) is 0 Å². The monoisotopic (exact) mass is 266 g/mol. The highest BCUT2D eigenvalue weighted by Crippen LogP contribution is 2.25. The van der Waals surface area contributed by atoms with Crippen LogP contribution in [0.3, 0.4) is 0 Å².